The van der Waals surface area contributed by atoms with Crippen molar-refractivity contribution in [2.24, 2.45) is 0 Å². The number of hydrogen-bond donors (Lipinski definition) is 0. The molecule has 3 nitrogen and oxygen atoms in total. The molecule has 74 valence electrons. The van der Waals surface area contributed by atoms with Crippen LogP contribution in [0.2, 0.25) is 0 Å². The molecule has 0 radical (unpaired) electrons. The summed E-state index contributed by atoms with van der Waals surface area (Å²) in [5.41, 5.74) is 0.901. The standard InChI is InChI=1S/C10H10BrNO2/c1-12-6-7-4-5-8(13-2)10(14-3)9(7)11/h4-5H,6H2,2-3H3. The van der Waals surface area contributed by atoms with E-state index in [1.54, 1.807) is 20.3 Å². The molecule has 0 aliphatic carbocycles. The van der Waals surface area contributed by atoms with E-state index < -0.39 is 0 Å². The van der Waals surface area contributed by atoms with Gasteiger partial charge in [-0.25, -0.2) is 6.57 Å². The predicted octanol–water partition coefficient (Wildman–Crippen LogP) is 2.89. The number of benzene rings is 1. The quantitative estimate of drug-likeness (QED) is 0.776. The van der Waals surface area contributed by atoms with Gasteiger partial charge in [-0.1, -0.05) is 0 Å². The summed E-state index contributed by atoms with van der Waals surface area (Å²) < 4.78 is 11.1. The summed E-state index contributed by atoms with van der Waals surface area (Å²) in [4.78, 5) is 3.32. The average molecular weight is 256 g/mol. The molecule has 0 saturated carbocycles. The van der Waals surface area contributed by atoms with Crippen LogP contribution in [0.15, 0.2) is 16.6 Å². The molecule has 0 atom stereocenters. The largest absolute Gasteiger partial charge is 0.493 e. The van der Waals surface area contributed by atoms with Gasteiger partial charge in [0.2, 0.25) is 6.54 Å². The highest BCUT2D eigenvalue weighted by atomic mass is 79.9. The van der Waals surface area contributed by atoms with E-state index in [1.165, 1.54) is 0 Å². The van der Waals surface area contributed by atoms with E-state index in [2.05, 4.69) is 20.8 Å². The zero-order valence-electron chi connectivity index (χ0n) is 8.00. The summed E-state index contributed by atoms with van der Waals surface area (Å²) in [5.74, 6) is 1.29. The van der Waals surface area contributed by atoms with Gasteiger partial charge in [0.25, 0.3) is 0 Å². The fraction of sp³-hybridized carbons (Fsp3) is 0.300. The molecule has 14 heavy (non-hydrogen) atoms. The van der Waals surface area contributed by atoms with Crippen LogP contribution in [-0.4, -0.2) is 14.2 Å². The van der Waals surface area contributed by atoms with Crippen molar-refractivity contribution in [3.8, 4) is 11.5 Å². The molecule has 0 bridgehead atoms. The van der Waals surface area contributed by atoms with Crippen molar-refractivity contribution in [1.29, 1.82) is 0 Å². The van der Waals surface area contributed by atoms with Gasteiger partial charge >= 0.3 is 0 Å². The van der Waals surface area contributed by atoms with E-state index in [4.69, 9.17) is 16.0 Å². The lowest BCUT2D eigenvalue weighted by atomic mass is 10.2. The highest BCUT2D eigenvalue weighted by molar-refractivity contribution is 9.10. The van der Waals surface area contributed by atoms with E-state index in [9.17, 15) is 0 Å². The molecule has 1 rings (SSSR count). The first-order chi connectivity index (χ1) is 6.74. The Morgan fingerprint density at radius 2 is 2.07 bits per heavy atom. The van der Waals surface area contributed by atoms with Crippen LogP contribution in [0.25, 0.3) is 4.85 Å². The van der Waals surface area contributed by atoms with Gasteiger partial charge in [-0.3, -0.25) is 0 Å². The maximum atomic E-state index is 6.79. The molecule has 0 spiro atoms. The third kappa shape index (κ3) is 1.99. The van der Waals surface area contributed by atoms with Crippen LogP contribution in [0.4, 0.5) is 0 Å². The molecule has 0 N–H and O–H groups in total. The number of nitrogens with zero attached hydrogens (tertiary/aromatic N) is 1. The minimum atomic E-state index is 0.334. The molecular formula is C10H10BrNO2. The first-order valence-electron chi connectivity index (χ1n) is 3.97. The van der Waals surface area contributed by atoms with E-state index in [0.29, 0.717) is 18.0 Å². The smallest absolute Gasteiger partial charge is 0.241 e. The molecule has 4 heteroatoms. The molecule has 0 aliphatic rings. The van der Waals surface area contributed by atoms with Crippen molar-refractivity contribution in [2.45, 2.75) is 6.54 Å². The summed E-state index contributed by atoms with van der Waals surface area (Å²) >= 11 is 3.39. The Hall–Kier alpha value is -1.21. The molecule has 0 amide bonds. The average Bonchev–Trinajstić information content (AvgIpc) is 2.21. The van der Waals surface area contributed by atoms with E-state index in [-0.39, 0.29) is 0 Å². The maximum Gasteiger partial charge on any atom is 0.241 e. The summed E-state index contributed by atoms with van der Waals surface area (Å²) in [6, 6.07) is 3.65. The van der Waals surface area contributed by atoms with Crippen LogP contribution in [0.3, 0.4) is 0 Å². The number of methoxy groups -OCH3 is 2. The zero-order valence-corrected chi connectivity index (χ0v) is 9.59. The van der Waals surface area contributed by atoms with Gasteiger partial charge < -0.3 is 14.3 Å². The first-order valence-corrected chi connectivity index (χ1v) is 4.76. The first kappa shape index (κ1) is 10.9. The summed E-state index contributed by atoms with van der Waals surface area (Å²) in [6.45, 7) is 7.13. The molecular weight excluding hydrogens is 246 g/mol. The second-order valence-corrected chi connectivity index (χ2v) is 3.38. The van der Waals surface area contributed by atoms with Crippen LogP contribution < -0.4 is 9.47 Å². The third-order valence-electron chi connectivity index (χ3n) is 1.81. The molecule has 1 aromatic carbocycles. The maximum absolute atomic E-state index is 6.79. The highest BCUT2D eigenvalue weighted by Crippen LogP contribution is 2.37. The molecule has 0 aromatic heterocycles. The Morgan fingerprint density at radius 3 is 2.57 bits per heavy atom. The number of ether oxygens (including phenoxy) is 2. The Morgan fingerprint density at radius 1 is 1.36 bits per heavy atom. The Kier molecular flexibility index (Phi) is 3.78. The van der Waals surface area contributed by atoms with Crippen molar-refractivity contribution >= 4 is 15.9 Å². The van der Waals surface area contributed by atoms with Crippen molar-refractivity contribution in [1.82, 2.24) is 0 Å². The van der Waals surface area contributed by atoms with E-state index in [1.807, 2.05) is 6.07 Å². The molecule has 0 aliphatic heterocycles. The van der Waals surface area contributed by atoms with Crippen molar-refractivity contribution < 1.29 is 9.47 Å². The van der Waals surface area contributed by atoms with Crippen molar-refractivity contribution in [3.05, 3.63) is 33.6 Å². The van der Waals surface area contributed by atoms with Crippen LogP contribution in [0.1, 0.15) is 5.56 Å². The second kappa shape index (κ2) is 4.87. The summed E-state index contributed by atoms with van der Waals surface area (Å²) in [5, 5.41) is 0. The number of hydrogen-bond acceptors (Lipinski definition) is 2. The SMILES string of the molecule is [C-]#[N+]Cc1ccc(OC)c(OC)c1Br. The fourth-order valence-electron chi connectivity index (χ4n) is 1.14. The van der Waals surface area contributed by atoms with Gasteiger partial charge in [0.05, 0.1) is 18.7 Å². The minimum absolute atomic E-state index is 0.334. The summed E-state index contributed by atoms with van der Waals surface area (Å²) in [6.07, 6.45) is 0. The lowest BCUT2D eigenvalue weighted by Gasteiger charge is -2.10. The zero-order chi connectivity index (χ0) is 10.6. The van der Waals surface area contributed by atoms with E-state index in [0.717, 1.165) is 10.0 Å². The van der Waals surface area contributed by atoms with Crippen molar-refractivity contribution in [2.75, 3.05) is 14.2 Å². The number of rotatable bonds is 3. The molecule has 0 unspecified atom stereocenters. The topological polar surface area (TPSA) is 22.8 Å². The van der Waals surface area contributed by atoms with Crippen LogP contribution in [-0.2, 0) is 6.54 Å². The molecule has 0 saturated heterocycles. The molecule has 0 fully saturated rings. The van der Waals surface area contributed by atoms with Gasteiger partial charge in [-0.05, 0) is 28.1 Å². The van der Waals surface area contributed by atoms with Crippen LogP contribution in [0, 0.1) is 6.57 Å². The summed E-state index contributed by atoms with van der Waals surface area (Å²) in [7, 11) is 3.16. The van der Waals surface area contributed by atoms with Gasteiger partial charge in [0.15, 0.2) is 11.5 Å². The highest BCUT2D eigenvalue weighted by Gasteiger charge is 2.13. The van der Waals surface area contributed by atoms with E-state index >= 15 is 0 Å². The van der Waals surface area contributed by atoms with Crippen LogP contribution >= 0.6 is 15.9 Å². The monoisotopic (exact) mass is 255 g/mol. The number of halogens is 1. The normalized spacial score (nSPS) is 9.29. The molecule has 0 heterocycles. The molecule has 1 aromatic rings. The minimum Gasteiger partial charge on any atom is -0.493 e. The Balaban J connectivity index is 3.21. The van der Waals surface area contributed by atoms with Gasteiger partial charge in [0, 0.05) is 5.56 Å². The Labute approximate surface area is 91.6 Å². The lowest BCUT2D eigenvalue weighted by molar-refractivity contribution is 0.352. The predicted molar refractivity (Wildman–Crippen MR) is 57.6 cm³/mol. The van der Waals surface area contributed by atoms with Gasteiger partial charge in [0.1, 0.15) is 0 Å². The Bertz CT molecular complexity index is 371. The van der Waals surface area contributed by atoms with Gasteiger partial charge in [-0.15, -0.1) is 0 Å². The third-order valence-corrected chi connectivity index (χ3v) is 2.68. The lowest BCUT2D eigenvalue weighted by Crippen LogP contribution is -1.94. The van der Waals surface area contributed by atoms with Gasteiger partial charge in [-0.2, -0.15) is 0 Å². The second-order valence-electron chi connectivity index (χ2n) is 2.59. The van der Waals surface area contributed by atoms with Crippen molar-refractivity contribution in [3.63, 3.8) is 0 Å². The van der Waals surface area contributed by atoms with Crippen LogP contribution in [0.5, 0.6) is 11.5 Å². The fourth-order valence-corrected chi connectivity index (χ4v) is 1.75.